The molecule has 1 heterocycles. The zero-order valence-corrected chi connectivity index (χ0v) is 32.0. The molecule has 50 heavy (non-hydrogen) atoms. The highest BCUT2D eigenvalue weighted by Gasteiger charge is 2.10. The second-order valence-electron chi connectivity index (χ2n) is 14.4. The van der Waals surface area contributed by atoms with E-state index in [1.165, 1.54) is 50.1 Å². The minimum atomic E-state index is 0.514. The van der Waals surface area contributed by atoms with Crippen LogP contribution in [0.1, 0.15) is 129 Å². The molecule has 4 aromatic rings. The average molecular weight is 671 g/mol. The second-order valence-corrected chi connectivity index (χ2v) is 14.4. The predicted octanol–water partition coefficient (Wildman–Crippen LogP) is 12.8. The predicted molar refractivity (Wildman–Crippen MR) is 215 cm³/mol. The number of ether oxygens (including phenoxy) is 3. The minimum Gasteiger partial charge on any atom is -0.493 e. The van der Waals surface area contributed by atoms with Crippen molar-refractivity contribution in [3.63, 3.8) is 0 Å². The molecule has 0 saturated heterocycles. The Morgan fingerprint density at radius 1 is 0.460 bits per heavy atom. The molecule has 3 nitrogen and oxygen atoms in total. The van der Waals surface area contributed by atoms with E-state index in [0.29, 0.717) is 30.3 Å². The van der Waals surface area contributed by atoms with E-state index in [-0.39, 0.29) is 0 Å². The zero-order chi connectivity index (χ0) is 36.2. The molecule has 0 spiro atoms. The van der Waals surface area contributed by atoms with Crippen molar-refractivity contribution in [2.75, 3.05) is 20.8 Å². The molecule has 0 bridgehead atoms. The van der Waals surface area contributed by atoms with E-state index in [4.69, 9.17) is 14.2 Å². The highest BCUT2D eigenvalue weighted by atomic mass is 16.5. The lowest BCUT2D eigenvalue weighted by molar-refractivity contribution is 0.354. The normalized spacial score (nSPS) is 13.0. The molecule has 0 amide bonds. The number of fused-ring (bicyclic) bond motifs is 3. The molecule has 7 rings (SSSR count). The quantitative estimate of drug-likeness (QED) is 0.204. The van der Waals surface area contributed by atoms with Crippen LogP contribution in [0.4, 0.5) is 0 Å². The first kappa shape index (κ1) is 38.3. The second kappa shape index (κ2) is 18.5. The molecule has 3 heteroatoms. The molecule has 2 aliphatic carbocycles. The van der Waals surface area contributed by atoms with Crippen molar-refractivity contribution in [2.45, 2.75) is 91.9 Å². The van der Waals surface area contributed by atoms with Crippen molar-refractivity contribution in [1.82, 2.24) is 0 Å². The lowest BCUT2D eigenvalue weighted by atomic mass is 9.99. The lowest BCUT2D eigenvalue weighted by Crippen LogP contribution is -2.01. The fourth-order valence-electron chi connectivity index (χ4n) is 5.97. The number of benzene rings is 4. The summed E-state index contributed by atoms with van der Waals surface area (Å²) in [6.07, 6.45) is 15.3. The Morgan fingerprint density at radius 2 is 0.880 bits per heavy atom. The molecule has 1 aliphatic heterocycles. The van der Waals surface area contributed by atoms with Gasteiger partial charge in [-0.05, 0) is 111 Å². The Hall–Kier alpha value is -4.50. The van der Waals surface area contributed by atoms with Gasteiger partial charge in [-0.15, -0.1) is 0 Å². The van der Waals surface area contributed by atoms with Gasteiger partial charge in [-0.2, -0.15) is 0 Å². The molecule has 0 radical (unpaired) electrons. The first-order valence-corrected chi connectivity index (χ1v) is 18.2. The highest BCUT2D eigenvalue weighted by Crippen LogP contribution is 2.31. The van der Waals surface area contributed by atoms with Gasteiger partial charge < -0.3 is 14.2 Å². The summed E-state index contributed by atoms with van der Waals surface area (Å²) >= 11 is 0. The van der Waals surface area contributed by atoms with Crippen LogP contribution in [0.5, 0.6) is 17.2 Å². The third kappa shape index (κ3) is 10.5. The van der Waals surface area contributed by atoms with Crippen LogP contribution in [-0.4, -0.2) is 20.8 Å². The van der Waals surface area contributed by atoms with Gasteiger partial charge in [-0.1, -0.05) is 134 Å². The van der Waals surface area contributed by atoms with E-state index >= 15 is 0 Å². The monoisotopic (exact) mass is 670 g/mol. The van der Waals surface area contributed by atoms with Crippen LogP contribution in [0.25, 0.3) is 18.2 Å². The Morgan fingerprint density at radius 3 is 1.36 bits per heavy atom. The van der Waals surface area contributed by atoms with Crippen molar-refractivity contribution in [3.05, 3.63) is 141 Å². The number of methoxy groups -OCH3 is 2. The minimum absolute atomic E-state index is 0.514. The molecule has 0 unspecified atom stereocenters. The number of rotatable bonds is 6. The van der Waals surface area contributed by atoms with Crippen molar-refractivity contribution < 1.29 is 14.2 Å². The summed E-state index contributed by atoms with van der Waals surface area (Å²) < 4.78 is 15.8. The Labute approximate surface area is 302 Å². The first-order valence-electron chi connectivity index (χ1n) is 18.2. The van der Waals surface area contributed by atoms with Gasteiger partial charge >= 0.3 is 0 Å². The fourth-order valence-corrected chi connectivity index (χ4v) is 5.97. The van der Waals surface area contributed by atoms with Gasteiger partial charge in [0, 0.05) is 5.56 Å². The van der Waals surface area contributed by atoms with Crippen molar-refractivity contribution in [2.24, 2.45) is 0 Å². The van der Waals surface area contributed by atoms with Crippen molar-refractivity contribution in [3.8, 4) is 17.2 Å². The van der Waals surface area contributed by atoms with Gasteiger partial charge in [0.2, 0.25) is 0 Å². The van der Waals surface area contributed by atoms with E-state index < -0.39 is 0 Å². The van der Waals surface area contributed by atoms with Gasteiger partial charge in [0.15, 0.2) is 11.5 Å². The summed E-state index contributed by atoms with van der Waals surface area (Å²) in [5, 5.41) is 0. The smallest absolute Gasteiger partial charge is 0.160 e. The van der Waals surface area contributed by atoms with Crippen LogP contribution in [0.2, 0.25) is 0 Å². The maximum atomic E-state index is 5.47. The molecule has 264 valence electrons. The summed E-state index contributed by atoms with van der Waals surface area (Å²) in [6.45, 7) is 18.4. The van der Waals surface area contributed by atoms with Crippen LogP contribution in [0, 0.1) is 0 Å². The Kier molecular flexibility index (Phi) is 14.2. The summed E-state index contributed by atoms with van der Waals surface area (Å²) in [6, 6.07) is 26.0. The topological polar surface area (TPSA) is 27.7 Å². The molecule has 0 N–H and O–H groups in total. The molecular formula is C47H58O3. The van der Waals surface area contributed by atoms with Crippen LogP contribution in [0.3, 0.4) is 0 Å². The van der Waals surface area contributed by atoms with Crippen LogP contribution >= 0.6 is 0 Å². The standard InChI is InChI=1S/C12H14O.2C12H14.C11H16O2/c1-9(2)10-5-6-12-11(8-10)4-3-7-13-12;2*1-9(2)11-7-6-10-4-3-5-12(10)8-11;1-8(2)9-5-6-10(12-3)11(7-9)13-4/h3-6,8-9H,7H2,1-2H3;2*3,5-9H,4H2,1-2H3;5-8H,1-4H3. The number of allylic oxidation sites excluding steroid dienone is 2. The zero-order valence-electron chi connectivity index (χ0n) is 32.0. The van der Waals surface area contributed by atoms with Gasteiger partial charge in [-0.25, -0.2) is 0 Å². The highest BCUT2D eigenvalue weighted by molar-refractivity contribution is 5.62. The van der Waals surface area contributed by atoms with Gasteiger partial charge in [0.05, 0.1) is 14.2 Å². The molecular weight excluding hydrogens is 613 g/mol. The average Bonchev–Trinajstić information content (AvgIpc) is 3.81. The summed E-state index contributed by atoms with van der Waals surface area (Å²) in [5.74, 6) is 4.97. The third-order valence-corrected chi connectivity index (χ3v) is 9.35. The van der Waals surface area contributed by atoms with E-state index in [1.807, 2.05) is 18.2 Å². The van der Waals surface area contributed by atoms with E-state index in [1.54, 1.807) is 14.2 Å². The van der Waals surface area contributed by atoms with Gasteiger partial charge in [0.1, 0.15) is 12.4 Å². The third-order valence-electron chi connectivity index (χ3n) is 9.35. The van der Waals surface area contributed by atoms with Crippen molar-refractivity contribution >= 4 is 18.2 Å². The molecule has 0 fully saturated rings. The van der Waals surface area contributed by atoms with Gasteiger partial charge in [-0.3, -0.25) is 0 Å². The van der Waals surface area contributed by atoms with Crippen LogP contribution < -0.4 is 14.2 Å². The molecule has 4 aromatic carbocycles. The number of hydrogen-bond donors (Lipinski definition) is 0. The van der Waals surface area contributed by atoms with Gasteiger partial charge in [0.25, 0.3) is 0 Å². The van der Waals surface area contributed by atoms with E-state index in [2.05, 4.69) is 146 Å². The molecule has 3 aliphatic rings. The van der Waals surface area contributed by atoms with E-state index in [9.17, 15) is 0 Å². The van der Waals surface area contributed by atoms with Crippen LogP contribution in [-0.2, 0) is 12.8 Å². The maximum Gasteiger partial charge on any atom is 0.160 e. The molecule has 0 aromatic heterocycles. The maximum absolute atomic E-state index is 5.47. The van der Waals surface area contributed by atoms with Crippen molar-refractivity contribution in [1.29, 1.82) is 0 Å². The summed E-state index contributed by atoms with van der Waals surface area (Å²) in [5.41, 5.74) is 12.5. The van der Waals surface area contributed by atoms with E-state index in [0.717, 1.165) is 30.1 Å². The Balaban J connectivity index is 0.000000150. The number of hydrogen-bond acceptors (Lipinski definition) is 3. The SMILES string of the molecule is CC(C)c1ccc2c(c1)C=CC2.CC(C)c1ccc2c(c1)C=CC2.CC(C)c1ccc2c(c1)C=CCO2.COc1ccc(C(C)C)cc1OC. The van der Waals surface area contributed by atoms with Crippen LogP contribution in [0.15, 0.2) is 91.0 Å². The molecule has 0 saturated carbocycles. The molecule has 0 atom stereocenters. The lowest BCUT2D eigenvalue weighted by Gasteiger charge is -2.14. The summed E-state index contributed by atoms with van der Waals surface area (Å²) in [4.78, 5) is 0. The fraction of sp³-hybridized carbons (Fsp3) is 0.362. The Bertz CT molecular complexity index is 1720. The summed E-state index contributed by atoms with van der Waals surface area (Å²) in [7, 11) is 3.30. The largest absolute Gasteiger partial charge is 0.493 e. The first-order chi connectivity index (χ1) is 24.0.